The summed E-state index contributed by atoms with van der Waals surface area (Å²) in [7, 11) is 0. The van der Waals surface area contributed by atoms with Crippen LogP contribution in [-0.4, -0.2) is 18.1 Å². The summed E-state index contributed by atoms with van der Waals surface area (Å²) in [6, 6.07) is 0. The average molecular weight is 216 g/mol. The summed E-state index contributed by atoms with van der Waals surface area (Å²) >= 11 is 0. The van der Waals surface area contributed by atoms with Gasteiger partial charge in [-0.3, -0.25) is 0 Å². The smallest absolute Gasteiger partial charge is 0.253 e. The number of ether oxygens (including phenoxy) is 1. The zero-order valence-electron chi connectivity index (χ0n) is 8.98. The fourth-order valence-electron chi connectivity index (χ4n) is 2.33. The maximum Gasteiger partial charge on any atom is 0.253 e. The molecule has 1 nitrogen and oxygen atoms in total. The Kier molecular flexibility index (Phi) is 3.10. The maximum atomic E-state index is 12.6. The number of rotatable bonds is 2. The minimum Gasteiger partial charge on any atom is -0.375 e. The summed E-state index contributed by atoms with van der Waals surface area (Å²) in [5.74, 6) is -2.46. The van der Waals surface area contributed by atoms with Crippen LogP contribution in [0.3, 0.4) is 0 Å². The van der Waals surface area contributed by atoms with Crippen LogP contribution in [0, 0.1) is 0 Å². The molecule has 0 radical (unpaired) electrons. The van der Waals surface area contributed by atoms with E-state index >= 15 is 0 Å². The fourth-order valence-corrected chi connectivity index (χ4v) is 2.33. The topological polar surface area (TPSA) is 9.23 Å². The number of hydrogen-bond acceptors (Lipinski definition) is 1. The minimum absolute atomic E-state index is 0.0789. The van der Waals surface area contributed by atoms with E-state index in [0.717, 1.165) is 32.1 Å². The van der Waals surface area contributed by atoms with Crippen LogP contribution >= 0.6 is 0 Å². The van der Waals surface area contributed by atoms with Gasteiger partial charge in [0.2, 0.25) is 0 Å². The zero-order chi connectivity index (χ0) is 10.9. The Morgan fingerprint density at radius 1 is 1.13 bits per heavy atom. The van der Waals surface area contributed by atoms with E-state index in [0.29, 0.717) is 0 Å². The Balaban J connectivity index is 1.73. The molecule has 2 aliphatic carbocycles. The molecule has 0 N–H and O–H groups in total. The van der Waals surface area contributed by atoms with Crippen molar-refractivity contribution >= 4 is 0 Å². The molecule has 2 fully saturated rings. The summed E-state index contributed by atoms with van der Waals surface area (Å²) in [4.78, 5) is 0. The van der Waals surface area contributed by atoms with E-state index in [1.807, 2.05) is 0 Å². The summed E-state index contributed by atoms with van der Waals surface area (Å²) < 4.78 is 30.9. The highest BCUT2D eigenvalue weighted by Crippen LogP contribution is 2.40. The Morgan fingerprint density at radius 3 is 2.53 bits per heavy atom. The van der Waals surface area contributed by atoms with Crippen LogP contribution in [0.15, 0.2) is 12.2 Å². The van der Waals surface area contributed by atoms with Gasteiger partial charge in [-0.2, -0.15) is 0 Å². The Labute approximate surface area is 89.5 Å². The van der Waals surface area contributed by atoms with E-state index in [4.69, 9.17) is 4.74 Å². The monoisotopic (exact) mass is 216 g/mol. The van der Waals surface area contributed by atoms with Gasteiger partial charge in [-0.25, -0.2) is 8.78 Å². The third-order valence-corrected chi connectivity index (χ3v) is 3.31. The van der Waals surface area contributed by atoms with Crippen LogP contribution in [0.1, 0.15) is 44.9 Å². The van der Waals surface area contributed by atoms with Crippen LogP contribution in [-0.2, 0) is 4.74 Å². The molecule has 0 bridgehead atoms. The molecule has 2 aliphatic rings. The molecule has 0 aromatic rings. The molecule has 0 spiro atoms. The lowest BCUT2D eigenvalue weighted by Crippen LogP contribution is -2.43. The first kappa shape index (κ1) is 11.1. The van der Waals surface area contributed by atoms with E-state index in [1.165, 1.54) is 5.57 Å². The van der Waals surface area contributed by atoms with Gasteiger partial charge in [-0.05, 0) is 32.1 Å². The van der Waals surface area contributed by atoms with Crippen molar-refractivity contribution < 1.29 is 13.5 Å². The summed E-state index contributed by atoms with van der Waals surface area (Å²) in [6.07, 6.45) is 4.94. The second kappa shape index (κ2) is 4.20. The molecule has 1 atom stereocenters. The SMILES string of the molecule is C=C1CCCC(OC2CC(F)(F)C2)CC1. The van der Waals surface area contributed by atoms with Crippen molar-refractivity contribution in [3.63, 3.8) is 0 Å². The van der Waals surface area contributed by atoms with Crippen molar-refractivity contribution in [3.8, 4) is 0 Å². The summed E-state index contributed by atoms with van der Waals surface area (Å²) in [5.41, 5.74) is 1.28. The molecule has 0 aliphatic heterocycles. The number of hydrogen-bond donors (Lipinski definition) is 0. The quantitative estimate of drug-likeness (QED) is 0.505. The first-order valence-corrected chi connectivity index (χ1v) is 5.75. The molecule has 0 saturated heterocycles. The maximum absolute atomic E-state index is 12.6. The molecule has 1 unspecified atom stereocenters. The first-order chi connectivity index (χ1) is 7.05. The molecule has 0 heterocycles. The van der Waals surface area contributed by atoms with Crippen molar-refractivity contribution in [1.82, 2.24) is 0 Å². The lowest BCUT2D eigenvalue weighted by atomic mass is 9.90. The van der Waals surface area contributed by atoms with Crippen LogP contribution < -0.4 is 0 Å². The van der Waals surface area contributed by atoms with Gasteiger partial charge in [-0.1, -0.05) is 12.2 Å². The summed E-state index contributed by atoms with van der Waals surface area (Å²) in [6.45, 7) is 3.97. The van der Waals surface area contributed by atoms with Gasteiger partial charge in [0.15, 0.2) is 0 Å². The summed E-state index contributed by atoms with van der Waals surface area (Å²) in [5, 5.41) is 0. The second-order valence-corrected chi connectivity index (χ2v) is 4.83. The fraction of sp³-hybridized carbons (Fsp3) is 0.833. The van der Waals surface area contributed by atoms with Gasteiger partial charge in [0, 0.05) is 12.8 Å². The molecule has 0 amide bonds. The third-order valence-electron chi connectivity index (χ3n) is 3.31. The predicted octanol–water partition coefficient (Wildman–Crippen LogP) is 3.69. The molecule has 86 valence electrons. The number of alkyl halides is 2. The number of halogens is 2. The normalized spacial score (nSPS) is 32.1. The van der Waals surface area contributed by atoms with Crippen molar-refractivity contribution in [2.75, 3.05) is 0 Å². The van der Waals surface area contributed by atoms with E-state index < -0.39 is 5.92 Å². The zero-order valence-corrected chi connectivity index (χ0v) is 8.98. The van der Waals surface area contributed by atoms with Crippen molar-refractivity contribution in [2.24, 2.45) is 0 Å². The highest BCUT2D eigenvalue weighted by atomic mass is 19.3. The van der Waals surface area contributed by atoms with E-state index in [9.17, 15) is 8.78 Å². The lowest BCUT2D eigenvalue weighted by molar-refractivity contribution is -0.183. The molecular weight excluding hydrogens is 198 g/mol. The highest BCUT2D eigenvalue weighted by Gasteiger charge is 2.46. The van der Waals surface area contributed by atoms with Gasteiger partial charge in [0.25, 0.3) is 5.92 Å². The van der Waals surface area contributed by atoms with Gasteiger partial charge in [-0.15, -0.1) is 0 Å². The Hall–Kier alpha value is -0.440. The van der Waals surface area contributed by atoms with Gasteiger partial charge >= 0.3 is 0 Å². The molecular formula is C12H18F2O. The van der Waals surface area contributed by atoms with Crippen LogP contribution in [0.4, 0.5) is 8.78 Å². The van der Waals surface area contributed by atoms with Crippen LogP contribution in [0.2, 0.25) is 0 Å². The molecule has 3 heteroatoms. The highest BCUT2D eigenvalue weighted by molar-refractivity contribution is 4.97. The first-order valence-electron chi connectivity index (χ1n) is 5.75. The lowest BCUT2D eigenvalue weighted by Gasteiger charge is -2.37. The second-order valence-electron chi connectivity index (χ2n) is 4.83. The van der Waals surface area contributed by atoms with Crippen LogP contribution in [0.5, 0.6) is 0 Å². The van der Waals surface area contributed by atoms with Crippen molar-refractivity contribution in [3.05, 3.63) is 12.2 Å². The average Bonchev–Trinajstić information content (AvgIpc) is 2.28. The molecule has 0 aromatic heterocycles. The predicted molar refractivity (Wildman–Crippen MR) is 55.1 cm³/mol. The molecule has 0 aromatic carbocycles. The Bertz CT molecular complexity index is 242. The minimum atomic E-state index is -2.46. The Morgan fingerprint density at radius 2 is 1.87 bits per heavy atom. The van der Waals surface area contributed by atoms with E-state index in [-0.39, 0.29) is 25.0 Å². The largest absolute Gasteiger partial charge is 0.375 e. The van der Waals surface area contributed by atoms with Crippen molar-refractivity contribution in [1.29, 1.82) is 0 Å². The molecule has 2 rings (SSSR count). The number of allylic oxidation sites excluding steroid dienone is 1. The van der Waals surface area contributed by atoms with Crippen molar-refractivity contribution in [2.45, 2.75) is 63.1 Å². The van der Waals surface area contributed by atoms with Gasteiger partial charge in [0.05, 0.1) is 12.2 Å². The van der Waals surface area contributed by atoms with E-state index in [1.54, 1.807) is 0 Å². The van der Waals surface area contributed by atoms with Crippen LogP contribution in [0.25, 0.3) is 0 Å². The van der Waals surface area contributed by atoms with Gasteiger partial charge < -0.3 is 4.74 Å². The molecule has 2 saturated carbocycles. The third kappa shape index (κ3) is 3.00. The standard InChI is InChI=1S/C12H18F2O/c1-9-3-2-4-10(6-5-9)15-11-7-12(13,14)8-11/h10-11H,1-8H2. The molecule has 15 heavy (non-hydrogen) atoms. The van der Waals surface area contributed by atoms with Gasteiger partial charge in [0.1, 0.15) is 0 Å². The van der Waals surface area contributed by atoms with E-state index in [2.05, 4.69) is 6.58 Å².